The predicted octanol–water partition coefficient (Wildman–Crippen LogP) is 3.70. The minimum absolute atomic E-state index is 0. The molecule has 0 saturated carbocycles. The van der Waals surface area contributed by atoms with Crippen LogP contribution in [-0.2, 0) is 13.1 Å². The Balaban J connectivity index is 0.00000320. The van der Waals surface area contributed by atoms with Crippen LogP contribution in [0, 0.1) is 0 Å². The van der Waals surface area contributed by atoms with E-state index in [0.717, 1.165) is 60.7 Å². The van der Waals surface area contributed by atoms with Gasteiger partial charge in [0.25, 0.3) is 0 Å². The van der Waals surface area contributed by atoms with Crippen LogP contribution in [0.4, 0.5) is 5.82 Å². The van der Waals surface area contributed by atoms with Gasteiger partial charge >= 0.3 is 0 Å². The molecule has 30 heavy (non-hydrogen) atoms. The first-order valence-electron chi connectivity index (χ1n) is 10.2. The van der Waals surface area contributed by atoms with Gasteiger partial charge < -0.3 is 20.0 Å². The molecule has 0 spiro atoms. The molecule has 1 fully saturated rings. The summed E-state index contributed by atoms with van der Waals surface area (Å²) in [6.45, 7) is 8.29. The Morgan fingerprint density at radius 3 is 2.53 bits per heavy atom. The average molecular weight is 543 g/mol. The molecule has 1 saturated heterocycles. The van der Waals surface area contributed by atoms with E-state index >= 15 is 0 Å². The van der Waals surface area contributed by atoms with E-state index < -0.39 is 0 Å². The number of benzene rings is 1. The molecular formula is C22H32ClIN6. The third-order valence-electron chi connectivity index (χ3n) is 5.13. The van der Waals surface area contributed by atoms with Gasteiger partial charge in [-0.3, -0.25) is 0 Å². The highest BCUT2D eigenvalue weighted by molar-refractivity contribution is 14.0. The van der Waals surface area contributed by atoms with E-state index in [9.17, 15) is 0 Å². The van der Waals surface area contributed by atoms with Crippen molar-refractivity contribution in [2.45, 2.75) is 20.0 Å². The molecule has 164 valence electrons. The second-order valence-electron chi connectivity index (χ2n) is 7.39. The van der Waals surface area contributed by atoms with Crippen LogP contribution >= 0.6 is 35.6 Å². The van der Waals surface area contributed by atoms with E-state index in [2.05, 4.69) is 51.1 Å². The molecule has 3 rings (SSSR count). The number of guanidine groups is 1. The van der Waals surface area contributed by atoms with Crippen molar-refractivity contribution in [2.24, 2.45) is 4.99 Å². The third-order valence-corrected chi connectivity index (χ3v) is 5.50. The average Bonchev–Trinajstić information content (AvgIpc) is 2.73. The van der Waals surface area contributed by atoms with Gasteiger partial charge in [-0.2, -0.15) is 0 Å². The number of nitrogens with one attached hydrogen (secondary N) is 1. The zero-order chi connectivity index (χ0) is 20.6. The van der Waals surface area contributed by atoms with E-state index in [1.54, 1.807) is 0 Å². The maximum Gasteiger partial charge on any atom is 0.194 e. The summed E-state index contributed by atoms with van der Waals surface area (Å²) in [5, 5.41) is 4.17. The molecule has 1 aliphatic rings. The summed E-state index contributed by atoms with van der Waals surface area (Å²) in [5.74, 6) is 1.91. The number of nitrogens with zero attached hydrogens (tertiary/aromatic N) is 5. The quantitative estimate of drug-likeness (QED) is 0.343. The monoisotopic (exact) mass is 542 g/mol. The molecule has 0 aliphatic carbocycles. The van der Waals surface area contributed by atoms with Gasteiger partial charge in [-0.25, -0.2) is 9.98 Å². The van der Waals surface area contributed by atoms with Gasteiger partial charge in [0, 0.05) is 63.1 Å². The summed E-state index contributed by atoms with van der Waals surface area (Å²) in [6, 6.07) is 12.1. The second-order valence-corrected chi connectivity index (χ2v) is 7.80. The Morgan fingerprint density at radius 2 is 1.83 bits per heavy atom. The number of pyridine rings is 1. The highest BCUT2D eigenvalue weighted by atomic mass is 127. The van der Waals surface area contributed by atoms with E-state index in [0.29, 0.717) is 13.1 Å². The second kappa shape index (κ2) is 12.3. The van der Waals surface area contributed by atoms with Crippen molar-refractivity contribution in [3.63, 3.8) is 0 Å². The Bertz CT molecular complexity index is 823. The first-order valence-corrected chi connectivity index (χ1v) is 10.6. The summed E-state index contributed by atoms with van der Waals surface area (Å²) >= 11 is 6.34. The zero-order valence-corrected chi connectivity index (χ0v) is 21.1. The van der Waals surface area contributed by atoms with Crippen molar-refractivity contribution in [1.29, 1.82) is 0 Å². The molecule has 0 unspecified atom stereocenters. The molecule has 1 N–H and O–H groups in total. The van der Waals surface area contributed by atoms with Crippen LogP contribution in [0.1, 0.15) is 18.1 Å². The van der Waals surface area contributed by atoms with Gasteiger partial charge in [0.05, 0.1) is 6.54 Å². The lowest BCUT2D eigenvalue weighted by molar-refractivity contribution is 0.312. The van der Waals surface area contributed by atoms with Crippen LogP contribution in [0.2, 0.25) is 5.02 Å². The number of hydrogen-bond acceptors (Lipinski definition) is 4. The number of anilines is 1. The molecule has 0 radical (unpaired) electrons. The van der Waals surface area contributed by atoms with Crippen LogP contribution in [0.25, 0.3) is 0 Å². The minimum atomic E-state index is 0. The normalized spacial score (nSPS) is 14.9. The summed E-state index contributed by atoms with van der Waals surface area (Å²) in [5.41, 5.74) is 2.24. The Morgan fingerprint density at radius 1 is 1.13 bits per heavy atom. The standard InChI is InChI=1S/C22H31ClN6.HI/c1-4-24-22(28(3)17-19-8-5-6-10-20(19)23)26-16-18-9-7-11-25-21(18)29-14-12-27(2)13-15-29;/h5-11H,4,12-17H2,1-3H3,(H,24,26);1H. The van der Waals surface area contributed by atoms with Crippen LogP contribution in [0.5, 0.6) is 0 Å². The fourth-order valence-corrected chi connectivity index (χ4v) is 3.64. The largest absolute Gasteiger partial charge is 0.357 e. The molecule has 1 aromatic carbocycles. The Hall–Kier alpha value is -1.58. The molecule has 2 aromatic rings. The molecule has 0 atom stereocenters. The maximum atomic E-state index is 6.34. The highest BCUT2D eigenvalue weighted by Crippen LogP contribution is 2.20. The molecule has 0 bridgehead atoms. The van der Waals surface area contributed by atoms with Gasteiger partial charge in [-0.15, -0.1) is 24.0 Å². The van der Waals surface area contributed by atoms with Crippen molar-refractivity contribution in [1.82, 2.24) is 20.1 Å². The van der Waals surface area contributed by atoms with E-state index in [1.165, 1.54) is 0 Å². The van der Waals surface area contributed by atoms with Crippen molar-refractivity contribution in [2.75, 3.05) is 51.7 Å². The lowest BCUT2D eigenvalue weighted by Crippen LogP contribution is -2.45. The van der Waals surface area contributed by atoms with Crippen LogP contribution in [-0.4, -0.2) is 67.6 Å². The summed E-state index contributed by atoms with van der Waals surface area (Å²) < 4.78 is 0. The zero-order valence-electron chi connectivity index (χ0n) is 18.0. The smallest absolute Gasteiger partial charge is 0.194 e. The number of halogens is 2. The fourth-order valence-electron chi connectivity index (χ4n) is 3.44. The molecule has 8 heteroatoms. The Labute approximate surface area is 202 Å². The van der Waals surface area contributed by atoms with Gasteiger partial charge in [0.1, 0.15) is 5.82 Å². The first kappa shape index (κ1) is 24.7. The SMILES string of the molecule is CCNC(=NCc1cccnc1N1CCN(C)CC1)N(C)Cc1ccccc1Cl.I. The van der Waals surface area contributed by atoms with Crippen molar-refractivity contribution in [3.05, 3.63) is 58.7 Å². The highest BCUT2D eigenvalue weighted by Gasteiger charge is 2.18. The summed E-state index contributed by atoms with van der Waals surface area (Å²) in [6.07, 6.45) is 1.87. The van der Waals surface area contributed by atoms with E-state index in [4.69, 9.17) is 16.6 Å². The van der Waals surface area contributed by atoms with Gasteiger partial charge in [0.15, 0.2) is 5.96 Å². The van der Waals surface area contributed by atoms with Gasteiger partial charge in [0.2, 0.25) is 0 Å². The third kappa shape index (κ3) is 6.72. The van der Waals surface area contributed by atoms with Crippen molar-refractivity contribution < 1.29 is 0 Å². The predicted molar refractivity (Wildman–Crippen MR) is 137 cm³/mol. The van der Waals surface area contributed by atoms with Crippen molar-refractivity contribution >= 4 is 47.4 Å². The number of piperazine rings is 1. The number of aromatic nitrogens is 1. The number of likely N-dealkylation sites (N-methyl/N-ethyl adjacent to an activating group) is 1. The number of aliphatic imine (C=N–C) groups is 1. The van der Waals surface area contributed by atoms with Crippen LogP contribution in [0.3, 0.4) is 0 Å². The van der Waals surface area contributed by atoms with Gasteiger partial charge in [-0.05, 0) is 31.7 Å². The first-order chi connectivity index (χ1) is 14.1. The molecular weight excluding hydrogens is 511 g/mol. The molecule has 6 nitrogen and oxygen atoms in total. The minimum Gasteiger partial charge on any atom is -0.357 e. The van der Waals surface area contributed by atoms with Crippen molar-refractivity contribution in [3.8, 4) is 0 Å². The number of hydrogen-bond donors (Lipinski definition) is 1. The molecule has 2 heterocycles. The summed E-state index contributed by atoms with van der Waals surface area (Å²) in [7, 11) is 4.20. The topological polar surface area (TPSA) is 47.0 Å². The van der Waals surface area contributed by atoms with E-state index in [1.807, 2.05) is 37.5 Å². The van der Waals surface area contributed by atoms with E-state index in [-0.39, 0.29) is 24.0 Å². The molecule has 1 aromatic heterocycles. The maximum absolute atomic E-state index is 6.34. The van der Waals surface area contributed by atoms with Crippen LogP contribution in [0.15, 0.2) is 47.6 Å². The molecule has 0 amide bonds. The van der Waals surface area contributed by atoms with Crippen LogP contribution < -0.4 is 10.2 Å². The fraction of sp³-hybridized carbons (Fsp3) is 0.455. The van der Waals surface area contributed by atoms with Gasteiger partial charge in [-0.1, -0.05) is 35.9 Å². The molecule has 1 aliphatic heterocycles. The number of rotatable bonds is 6. The summed E-state index contributed by atoms with van der Waals surface area (Å²) in [4.78, 5) is 16.4. The lowest BCUT2D eigenvalue weighted by Gasteiger charge is -2.34. The Kier molecular flexibility index (Phi) is 10.1. The lowest BCUT2D eigenvalue weighted by atomic mass is 10.2.